The maximum Gasteiger partial charge on any atom is 0.110 e. The molecule has 0 saturated heterocycles. The minimum absolute atomic E-state index is 1.09. The topological polar surface area (TPSA) is 27.8 Å². The Hall–Kier alpha value is -1.18. The highest BCUT2D eigenvalue weighted by Gasteiger charge is 2.08. The average molecular weight is 148 g/mol. The van der Waals surface area contributed by atoms with Gasteiger partial charge in [0.1, 0.15) is 5.82 Å². The first-order chi connectivity index (χ1) is 5.36. The summed E-state index contributed by atoms with van der Waals surface area (Å²) < 4.78 is 0. The summed E-state index contributed by atoms with van der Waals surface area (Å²) >= 11 is 0. The lowest BCUT2D eigenvalue weighted by Gasteiger charge is -2.02. The molecule has 58 valence electrons. The summed E-state index contributed by atoms with van der Waals surface area (Å²) in [5.74, 6) is 1.13. The van der Waals surface area contributed by atoms with E-state index >= 15 is 0 Å². The van der Waals surface area contributed by atoms with Crippen molar-refractivity contribution >= 4 is 5.82 Å². The summed E-state index contributed by atoms with van der Waals surface area (Å²) in [6, 6.07) is 2.13. The van der Waals surface area contributed by atoms with Crippen LogP contribution >= 0.6 is 0 Å². The van der Waals surface area contributed by atoms with Gasteiger partial charge >= 0.3 is 0 Å². The number of aromatic amines is 1. The van der Waals surface area contributed by atoms with Crippen LogP contribution in [0.4, 0.5) is 5.82 Å². The minimum Gasteiger partial charge on any atom is -0.348 e. The lowest BCUT2D eigenvalue weighted by atomic mass is 10.1. The third-order valence-corrected chi connectivity index (χ3v) is 2.06. The maximum atomic E-state index is 3.92. The Bertz CT molecular complexity index is 273. The number of aromatic nitrogens is 1. The molecular formula is C9H12N2. The molecule has 0 saturated carbocycles. The van der Waals surface area contributed by atoms with Crippen molar-refractivity contribution in [2.45, 2.75) is 19.3 Å². The van der Waals surface area contributed by atoms with Crippen molar-refractivity contribution in [3.63, 3.8) is 0 Å². The van der Waals surface area contributed by atoms with Crippen molar-refractivity contribution in [2.24, 2.45) is 0 Å². The Morgan fingerprint density at radius 2 is 2.27 bits per heavy atom. The first kappa shape index (κ1) is 6.53. The van der Waals surface area contributed by atoms with Crippen LogP contribution < -0.4 is 5.32 Å². The molecule has 2 heteroatoms. The number of hydrogen-bond acceptors (Lipinski definition) is 1. The standard InChI is InChI=1S/C9H12N2/c1-7-3-2-4-8-5-6-10-9(8)11-7/h5-6,10-11H,1-4H2. The van der Waals surface area contributed by atoms with Gasteiger partial charge in [0.15, 0.2) is 0 Å². The van der Waals surface area contributed by atoms with Gasteiger partial charge in [-0.3, -0.25) is 0 Å². The zero-order valence-corrected chi connectivity index (χ0v) is 6.48. The van der Waals surface area contributed by atoms with E-state index in [1.165, 1.54) is 12.0 Å². The summed E-state index contributed by atoms with van der Waals surface area (Å²) in [5.41, 5.74) is 2.50. The van der Waals surface area contributed by atoms with Gasteiger partial charge in [-0.2, -0.15) is 0 Å². The molecule has 0 amide bonds. The third-order valence-electron chi connectivity index (χ3n) is 2.06. The van der Waals surface area contributed by atoms with Crippen molar-refractivity contribution in [3.05, 3.63) is 30.1 Å². The van der Waals surface area contributed by atoms with Crippen LogP contribution in [-0.2, 0) is 6.42 Å². The number of fused-ring (bicyclic) bond motifs is 1. The molecule has 0 atom stereocenters. The molecule has 0 fully saturated rings. The van der Waals surface area contributed by atoms with Gasteiger partial charge in [0.25, 0.3) is 0 Å². The zero-order valence-electron chi connectivity index (χ0n) is 6.48. The second kappa shape index (κ2) is 2.46. The highest BCUT2D eigenvalue weighted by molar-refractivity contribution is 5.50. The van der Waals surface area contributed by atoms with Crippen LogP contribution in [0.3, 0.4) is 0 Å². The van der Waals surface area contributed by atoms with Gasteiger partial charge in [-0.05, 0) is 30.9 Å². The number of nitrogens with one attached hydrogen (secondary N) is 2. The Morgan fingerprint density at radius 3 is 3.18 bits per heavy atom. The Morgan fingerprint density at radius 1 is 1.36 bits per heavy atom. The Balaban J connectivity index is 2.32. The van der Waals surface area contributed by atoms with E-state index in [0.29, 0.717) is 0 Å². The minimum atomic E-state index is 1.09. The fourth-order valence-electron chi connectivity index (χ4n) is 1.46. The number of hydrogen-bond donors (Lipinski definition) is 2. The van der Waals surface area contributed by atoms with E-state index in [2.05, 4.69) is 22.9 Å². The Labute approximate surface area is 66.3 Å². The van der Waals surface area contributed by atoms with Crippen LogP contribution in [0.15, 0.2) is 24.5 Å². The predicted octanol–water partition coefficient (Wildman–Crippen LogP) is 2.28. The van der Waals surface area contributed by atoms with E-state index in [0.717, 1.165) is 24.4 Å². The lowest BCUT2D eigenvalue weighted by Crippen LogP contribution is -1.95. The number of allylic oxidation sites excluding steroid dienone is 1. The summed E-state index contributed by atoms with van der Waals surface area (Å²) in [6.45, 7) is 3.92. The molecule has 1 aliphatic rings. The van der Waals surface area contributed by atoms with E-state index in [1.54, 1.807) is 0 Å². The molecule has 2 heterocycles. The Kier molecular flexibility index (Phi) is 1.46. The van der Waals surface area contributed by atoms with Crippen LogP contribution in [-0.4, -0.2) is 4.98 Å². The summed E-state index contributed by atoms with van der Waals surface area (Å²) in [5, 5.41) is 3.25. The summed E-state index contributed by atoms with van der Waals surface area (Å²) in [4.78, 5) is 3.16. The van der Waals surface area contributed by atoms with E-state index in [4.69, 9.17) is 0 Å². The highest BCUT2D eigenvalue weighted by Crippen LogP contribution is 2.22. The van der Waals surface area contributed by atoms with E-state index in [-0.39, 0.29) is 0 Å². The van der Waals surface area contributed by atoms with Crippen LogP contribution in [0.1, 0.15) is 18.4 Å². The number of H-pyrrole nitrogens is 1. The maximum absolute atomic E-state index is 3.92. The molecule has 2 N–H and O–H groups in total. The monoisotopic (exact) mass is 148 g/mol. The lowest BCUT2D eigenvalue weighted by molar-refractivity contribution is 0.837. The van der Waals surface area contributed by atoms with E-state index in [9.17, 15) is 0 Å². The molecule has 0 bridgehead atoms. The van der Waals surface area contributed by atoms with Crippen molar-refractivity contribution < 1.29 is 0 Å². The summed E-state index contributed by atoms with van der Waals surface area (Å²) in [6.07, 6.45) is 5.42. The van der Waals surface area contributed by atoms with Gasteiger partial charge in [0.2, 0.25) is 0 Å². The largest absolute Gasteiger partial charge is 0.348 e. The number of rotatable bonds is 0. The zero-order chi connectivity index (χ0) is 7.68. The van der Waals surface area contributed by atoms with Gasteiger partial charge in [-0.25, -0.2) is 0 Å². The van der Waals surface area contributed by atoms with Gasteiger partial charge < -0.3 is 10.3 Å². The van der Waals surface area contributed by atoms with Crippen molar-refractivity contribution in [1.29, 1.82) is 0 Å². The van der Waals surface area contributed by atoms with Gasteiger partial charge in [-0.1, -0.05) is 6.58 Å². The van der Waals surface area contributed by atoms with Crippen molar-refractivity contribution in [3.8, 4) is 0 Å². The van der Waals surface area contributed by atoms with Crippen LogP contribution in [0, 0.1) is 0 Å². The molecule has 1 aliphatic heterocycles. The first-order valence-corrected chi connectivity index (χ1v) is 3.97. The highest BCUT2D eigenvalue weighted by atomic mass is 15.0. The molecule has 11 heavy (non-hydrogen) atoms. The quantitative estimate of drug-likeness (QED) is 0.580. The van der Waals surface area contributed by atoms with Crippen LogP contribution in [0.25, 0.3) is 0 Å². The molecule has 0 aliphatic carbocycles. The predicted molar refractivity (Wildman–Crippen MR) is 46.5 cm³/mol. The fraction of sp³-hybridized carbons (Fsp3) is 0.333. The summed E-state index contributed by atoms with van der Waals surface area (Å²) in [7, 11) is 0. The van der Waals surface area contributed by atoms with Crippen molar-refractivity contribution in [2.75, 3.05) is 5.32 Å². The van der Waals surface area contributed by atoms with Gasteiger partial charge in [-0.15, -0.1) is 0 Å². The molecule has 0 radical (unpaired) electrons. The van der Waals surface area contributed by atoms with Gasteiger partial charge in [0, 0.05) is 11.9 Å². The van der Waals surface area contributed by atoms with Gasteiger partial charge in [0.05, 0.1) is 0 Å². The molecule has 0 aromatic carbocycles. The molecule has 2 rings (SSSR count). The molecule has 2 nitrogen and oxygen atoms in total. The SMILES string of the molecule is C=C1CCCc2cc[nH]c2N1. The average Bonchev–Trinajstić information content (AvgIpc) is 2.31. The molecule has 1 aromatic heterocycles. The first-order valence-electron chi connectivity index (χ1n) is 3.97. The molecule has 1 aromatic rings. The van der Waals surface area contributed by atoms with E-state index < -0.39 is 0 Å². The molecular weight excluding hydrogens is 136 g/mol. The van der Waals surface area contributed by atoms with E-state index in [1.807, 2.05) is 6.20 Å². The second-order valence-electron chi connectivity index (χ2n) is 2.96. The molecule has 0 unspecified atom stereocenters. The normalized spacial score (nSPS) is 16.9. The van der Waals surface area contributed by atoms with Crippen LogP contribution in [0.2, 0.25) is 0 Å². The third kappa shape index (κ3) is 1.16. The fourth-order valence-corrected chi connectivity index (χ4v) is 1.46. The number of aryl methyl sites for hydroxylation is 1. The smallest absolute Gasteiger partial charge is 0.110 e. The molecule has 0 spiro atoms. The second-order valence-corrected chi connectivity index (χ2v) is 2.96. The van der Waals surface area contributed by atoms with Crippen LogP contribution in [0.5, 0.6) is 0 Å². The van der Waals surface area contributed by atoms with Crippen molar-refractivity contribution in [1.82, 2.24) is 4.98 Å². The number of anilines is 1.